The minimum Gasteiger partial charge on any atom is -0.497 e. The molecule has 0 spiro atoms. The van der Waals surface area contributed by atoms with Gasteiger partial charge >= 0.3 is 5.97 Å². The molecule has 26 heavy (non-hydrogen) atoms. The third kappa shape index (κ3) is 4.53. The molecular formula is C21H22O4S. The molecule has 0 fully saturated rings. The number of hydrogen-bond acceptors (Lipinski definition) is 4. The maximum atomic E-state index is 12.2. The molecule has 0 aromatic heterocycles. The number of hydrogen-bond donors (Lipinski definition) is 1. The van der Waals surface area contributed by atoms with Gasteiger partial charge in [0.15, 0.2) is 0 Å². The summed E-state index contributed by atoms with van der Waals surface area (Å²) in [5.74, 6) is 6.15. The number of carboxylic acid groups (broad SMARTS) is 1. The predicted octanol–water partition coefficient (Wildman–Crippen LogP) is 4.58. The number of carboxylic acids is 1. The van der Waals surface area contributed by atoms with Gasteiger partial charge in [-0.05, 0) is 55.3 Å². The molecule has 0 heterocycles. The molecule has 1 N–H and O–H groups in total. The molecule has 136 valence electrons. The molecule has 0 aliphatic rings. The van der Waals surface area contributed by atoms with Gasteiger partial charge in [0.25, 0.3) is 0 Å². The molecule has 0 bridgehead atoms. The van der Waals surface area contributed by atoms with Crippen molar-refractivity contribution in [3.05, 3.63) is 54.1 Å². The third-order valence-corrected chi connectivity index (χ3v) is 5.56. The van der Waals surface area contributed by atoms with E-state index < -0.39 is 10.7 Å². The van der Waals surface area contributed by atoms with Crippen LogP contribution in [0.2, 0.25) is 0 Å². The van der Waals surface area contributed by atoms with Crippen molar-refractivity contribution in [1.82, 2.24) is 0 Å². The normalized spacial score (nSPS) is 12.4. The standard InChI is InChI=1S/C21H22O4S/c1-4-6-15-25-18-11-13-19(14-12-18)26-21(5-2,20(22)23)16-7-9-17(24-3)10-8-16/h7-14H,5,15H2,1-3H3,(H,22,23). The van der Waals surface area contributed by atoms with Gasteiger partial charge in [-0.1, -0.05) is 25.0 Å². The first-order chi connectivity index (χ1) is 12.6. The highest BCUT2D eigenvalue weighted by Gasteiger charge is 2.40. The lowest BCUT2D eigenvalue weighted by molar-refractivity contribution is -0.140. The minimum absolute atomic E-state index is 0.336. The van der Waals surface area contributed by atoms with Crippen LogP contribution in [0.15, 0.2) is 53.4 Å². The second-order valence-electron chi connectivity index (χ2n) is 5.50. The third-order valence-electron chi connectivity index (χ3n) is 4.00. The van der Waals surface area contributed by atoms with Crippen LogP contribution in [0, 0.1) is 11.8 Å². The average Bonchev–Trinajstić information content (AvgIpc) is 2.67. The Kier molecular flexibility index (Phi) is 6.99. The summed E-state index contributed by atoms with van der Waals surface area (Å²) in [5, 5.41) is 9.97. The number of methoxy groups -OCH3 is 1. The van der Waals surface area contributed by atoms with Crippen LogP contribution in [0.25, 0.3) is 0 Å². The largest absolute Gasteiger partial charge is 0.497 e. The quantitative estimate of drug-likeness (QED) is 0.544. The van der Waals surface area contributed by atoms with Crippen molar-refractivity contribution in [2.75, 3.05) is 13.7 Å². The van der Waals surface area contributed by atoms with Crippen molar-refractivity contribution >= 4 is 17.7 Å². The van der Waals surface area contributed by atoms with Gasteiger partial charge in [-0.2, -0.15) is 0 Å². The van der Waals surface area contributed by atoms with Crippen molar-refractivity contribution in [3.63, 3.8) is 0 Å². The second kappa shape index (κ2) is 9.21. The molecule has 0 radical (unpaired) electrons. The Labute approximate surface area is 158 Å². The smallest absolute Gasteiger partial charge is 0.324 e. The van der Waals surface area contributed by atoms with Gasteiger partial charge in [0.05, 0.1) is 7.11 Å². The first kappa shape index (κ1) is 19.7. The Morgan fingerprint density at radius 3 is 2.23 bits per heavy atom. The Bertz CT molecular complexity index is 788. The molecule has 2 rings (SSSR count). The topological polar surface area (TPSA) is 55.8 Å². The van der Waals surface area contributed by atoms with E-state index in [1.807, 2.05) is 43.3 Å². The van der Waals surface area contributed by atoms with Gasteiger partial charge in [-0.15, -0.1) is 17.7 Å². The molecule has 0 amide bonds. The Balaban J connectivity index is 2.26. The summed E-state index contributed by atoms with van der Waals surface area (Å²) in [7, 11) is 1.59. The van der Waals surface area contributed by atoms with E-state index in [1.165, 1.54) is 11.8 Å². The number of benzene rings is 2. The van der Waals surface area contributed by atoms with Crippen LogP contribution < -0.4 is 9.47 Å². The van der Waals surface area contributed by atoms with E-state index in [0.29, 0.717) is 24.5 Å². The maximum absolute atomic E-state index is 12.2. The van der Waals surface area contributed by atoms with Gasteiger partial charge in [0, 0.05) is 4.90 Å². The molecule has 2 aromatic rings. The van der Waals surface area contributed by atoms with Crippen LogP contribution in [0.5, 0.6) is 11.5 Å². The fourth-order valence-electron chi connectivity index (χ4n) is 2.51. The van der Waals surface area contributed by atoms with Crippen LogP contribution in [0.4, 0.5) is 0 Å². The van der Waals surface area contributed by atoms with Gasteiger partial charge < -0.3 is 14.6 Å². The summed E-state index contributed by atoms with van der Waals surface area (Å²) in [6, 6.07) is 14.6. The van der Waals surface area contributed by atoms with E-state index in [2.05, 4.69) is 11.8 Å². The molecule has 0 aliphatic carbocycles. The number of thioether (sulfide) groups is 1. The molecular weight excluding hydrogens is 348 g/mol. The summed E-state index contributed by atoms with van der Waals surface area (Å²) >= 11 is 1.32. The number of carbonyl (C=O) groups is 1. The van der Waals surface area contributed by atoms with E-state index in [4.69, 9.17) is 9.47 Å². The molecule has 1 unspecified atom stereocenters. The summed E-state index contributed by atoms with van der Waals surface area (Å²) in [6.45, 7) is 3.98. The Morgan fingerprint density at radius 2 is 1.73 bits per heavy atom. The summed E-state index contributed by atoms with van der Waals surface area (Å²) in [6.07, 6.45) is 0.448. The molecule has 0 saturated heterocycles. The zero-order valence-corrected chi connectivity index (χ0v) is 15.9. The summed E-state index contributed by atoms with van der Waals surface area (Å²) in [4.78, 5) is 13.0. The highest BCUT2D eigenvalue weighted by molar-refractivity contribution is 8.01. The van der Waals surface area contributed by atoms with Crippen LogP contribution in [-0.2, 0) is 9.54 Å². The SMILES string of the molecule is CC#CCOc1ccc(SC(CC)(C(=O)O)c2ccc(OC)cc2)cc1. The summed E-state index contributed by atoms with van der Waals surface area (Å²) in [5.41, 5.74) is 0.733. The van der Waals surface area contributed by atoms with Gasteiger partial charge in [0.1, 0.15) is 22.9 Å². The van der Waals surface area contributed by atoms with Crippen molar-refractivity contribution in [1.29, 1.82) is 0 Å². The lowest BCUT2D eigenvalue weighted by Crippen LogP contribution is -2.31. The van der Waals surface area contributed by atoms with Gasteiger partial charge in [0.2, 0.25) is 0 Å². The Hall–Kier alpha value is -2.58. The molecule has 2 aromatic carbocycles. The lowest BCUT2D eigenvalue weighted by atomic mass is 9.95. The minimum atomic E-state index is -1.07. The van der Waals surface area contributed by atoms with Crippen LogP contribution in [0.3, 0.4) is 0 Å². The van der Waals surface area contributed by atoms with E-state index in [1.54, 1.807) is 26.2 Å². The van der Waals surface area contributed by atoms with E-state index >= 15 is 0 Å². The average molecular weight is 370 g/mol. The number of rotatable bonds is 8. The zero-order valence-electron chi connectivity index (χ0n) is 15.1. The number of ether oxygens (including phenoxy) is 2. The molecule has 0 saturated carbocycles. The second-order valence-corrected chi connectivity index (χ2v) is 6.88. The molecule has 0 aliphatic heterocycles. The molecule has 4 nitrogen and oxygen atoms in total. The summed E-state index contributed by atoms with van der Waals surface area (Å²) < 4.78 is 9.61. The van der Waals surface area contributed by atoms with Crippen LogP contribution >= 0.6 is 11.8 Å². The van der Waals surface area contributed by atoms with Gasteiger partial charge in [-0.3, -0.25) is 4.79 Å². The lowest BCUT2D eigenvalue weighted by Gasteiger charge is -2.28. The highest BCUT2D eigenvalue weighted by Crippen LogP contribution is 2.45. The fraction of sp³-hybridized carbons (Fsp3) is 0.286. The maximum Gasteiger partial charge on any atom is 0.324 e. The zero-order chi connectivity index (χ0) is 19.0. The fourth-order valence-corrected chi connectivity index (χ4v) is 3.67. The van der Waals surface area contributed by atoms with Crippen molar-refractivity contribution in [2.24, 2.45) is 0 Å². The van der Waals surface area contributed by atoms with Crippen molar-refractivity contribution < 1.29 is 19.4 Å². The van der Waals surface area contributed by atoms with Gasteiger partial charge in [-0.25, -0.2) is 0 Å². The molecule has 1 atom stereocenters. The van der Waals surface area contributed by atoms with Crippen LogP contribution in [-0.4, -0.2) is 24.8 Å². The number of aliphatic carboxylic acids is 1. The van der Waals surface area contributed by atoms with Crippen molar-refractivity contribution in [2.45, 2.75) is 29.9 Å². The highest BCUT2D eigenvalue weighted by atomic mass is 32.2. The predicted molar refractivity (Wildman–Crippen MR) is 104 cm³/mol. The van der Waals surface area contributed by atoms with E-state index in [0.717, 1.165) is 10.5 Å². The van der Waals surface area contributed by atoms with E-state index in [9.17, 15) is 9.90 Å². The Morgan fingerprint density at radius 1 is 1.12 bits per heavy atom. The first-order valence-corrected chi connectivity index (χ1v) is 9.06. The van der Waals surface area contributed by atoms with E-state index in [-0.39, 0.29) is 0 Å². The molecule has 5 heteroatoms. The first-order valence-electron chi connectivity index (χ1n) is 8.25. The monoisotopic (exact) mass is 370 g/mol. The van der Waals surface area contributed by atoms with Crippen molar-refractivity contribution in [3.8, 4) is 23.3 Å². The van der Waals surface area contributed by atoms with Crippen LogP contribution in [0.1, 0.15) is 25.8 Å².